The third-order valence-electron chi connectivity index (χ3n) is 0.144. The molecule has 0 saturated carbocycles. The van der Waals surface area contributed by atoms with E-state index in [0.717, 1.165) is 0 Å². The van der Waals surface area contributed by atoms with E-state index in [9.17, 15) is 0 Å². The van der Waals surface area contributed by atoms with Crippen LogP contribution in [0.2, 0.25) is 5.52 Å². The van der Waals surface area contributed by atoms with Crippen molar-refractivity contribution in [2.24, 2.45) is 0 Å². The Bertz CT molecular complexity index is 28.7. The Morgan fingerprint density at radius 1 is 1.67 bits per heavy atom. The van der Waals surface area contributed by atoms with E-state index in [1.807, 2.05) is 11.5 Å². The molecule has 0 rings (SSSR count). The van der Waals surface area contributed by atoms with Crippen molar-refractivity contribution >= 4 is 6.79 Å². The van der Waals surface area contributed by atoms with Crippen LogP contribution in [0.3, 0.4) is 0 Å². The monoisotopic (exact) mass is 174 g/mol. The summed E-state index contributed by atoms with van der Waals surface area (Å²) in [5.41, 5.74) is 2.15. The number of carbonyl (C=O) groups excluding carboxylic acids is 1. The molecular weight excluding hydrogens is 165 g/mol. The van der Waals surface area contributed by atoms with Gasteiger partial charge in [-0.05, 0) is 0 Å². The van der Waals surface area contributed by atoms with Crippen LogP contribution in [0.4, 0.5) is 0 Å². The first-order chi connectivity index (χ1) is 2.91. The summed E-state index contributed by atoms with van der Waals surface area (Å²) in [7, 11) is 0. The van der Waals surface area contributed by atoms with Crippen molar-refractivity contribution in [1.29, 1.82) is 0 Å². The zero-order valence-electron chi connectivity index (χ0n) is 3.75. The van der Waals surface area contributed by atoms with E-state index in [-0.39, 0.29) is 0 Å². The first-order valence-electron chi connectivity index (χ1n) is 1.25. The maximum absolute atomic E-state index is 8.00. The van der Waals surface area contributed by atoms with Gasteiger partial charge in [-0.2, -0.15) is 0 Å². The van der Waals surface area contributed by atoms with Crippen LogP contribution in [-0.4, -0.2) is 6.79 Å². The molecule has 2 heteroatoms. The summed E-state index contributed by atoms with van der Waals surface area (Å²) in [6, 6.07) is 0. The predicted octanol–water partition coefficient (Wildman–Crippen LogP) is 1.08. The summed E-state index contributed by atoms with van der Waals surface area (Å²) in [5, 5.41) is 0. The summed E-state index contributed by atoms with van der Waals surface area (Å²) >= 11 is 0.503. The number of hydrogen-bond donors (Lipinski definition) is 0. The molecular formula is C4H8ORu. The number of hydrogen-bond acceptors (Lipinski definition) is 1. The van der Waals surface area contributed by atoms with Gasteiger partial charge in [-0.1, -0.05) is 0 Å². The molecule has 0 N–H and O–H groups in total. The molecule has 0 heterocycles. The third kappa shape index (κ3) is 34.8. The minimum atomic E-state index is 0.503. The van der Waals surface area contributed by atoms with Crippen molar-refractivity contribution in [2.45, 2.75) is 5.52 Å². The van der Waals surface area contributed by atoms with Crippen LogP contribution >= 0.6 is 0 Å². The third-order valence-corrected chi connectivity index (χ3v) is 0.854. The molecule has 0 radical (unpaired) electrons. The van der Waals surface area contributed by atoms with Gasteiger partial charge in [-0.3, -0.25) is 0 Å². The van der Waals surface area contributed by atoms with Gasteiger partial charge in [-0.15, -0.1) is 0 Å². The van der Waals surface area contributed by atoms with E-state index >= 15 is 0 Å². The Morgan fingerprint density at radius 3 is 1.83 bits per heavy atom. The maximum atomic E-state index is 8.00. The predicted molar refractivity (Wildman–Crippen MR) is 23.2 cm³/mol. The molecule has 0 spiro atoms. The van der Waals surface area contributed by atoms with Crippen molar-refractivity contribution in [1.82, 2.24) is 0 Å². The summed E-state index contributed by atoms with van der Waals surface area (Å²) in [6.45, 7) is 5.52. The molecule has 0 aliphatic rings. The van der Waals surface area contributed by atoms with Crippen LogP contribution in [0, 0.1) is 0 Å². The molecule has 6 heavy (non-hydrogen) atoms. The minimum absolute atomic E-state index is 0.503. The van der Waals surface area contributed by atoms with Gasteiger partial charge >= 0.3 is 33.9 Å². The second-order valence-electron chi connectivity index (χ2n) is 0.348. The topological polar surface area (TPSA) is 17.1 Å². The van der Waals surface area contributed by atoms with Gasteiger partial charge in [0.05, 0.1) is 0 Å². The first kappa shape index (κ1) is 9.40. The van der Waals surface area contributed by atoms with Gasteiger partial charge in [0.25, 0.3) is 0 Å². The van der Waals surface area contributed by atoms with E-state index in [2.05, 4.69) is 12.1 Å². The molecule has 0 aromatic heterocycles. The van der Waals surface area contributed by atoms with E-state index in [1.165, 1.54) is 0 Å². The van der Waals surface area contributed by atoms with Gasteiger partial charge in [0.15, 0.2) is 0 Å². The Kier molecular flexibility index (Phi) is 31.0. The zero-order valence-corrected chi connectivity index (χ0v) is 5.49. The van der Waals surface area contributed by atoms with E-state index in [0.29, 0.717) is 17.1 Å². The Morgan fingerprint density at radius 2 is 1.83 bits per heavy atom. The van der Waals surface area contributed by atoms with E-state index in [1.54, 1.807) is 0 Å². The Hall–Kier alpha value is 0.0334. The van der Waals surface area contributed by atoms with Crippen LogP contribution in [0.15, 0.2) is 11.2 Å². The van der Waals surface area contributed by atoms with Gasteiger partial charge < -0.3 is 4.79 Å². The molecule has 0 aliphatic carbocycles. The standard InChI is InChI=1S/C2H3.CH2O.CH3.Ru/c2*1-2;;/h1H,2H2;1H2;1H3;. The van der Waals surface area contributed by atoms with Crippen molar-refractivity contribution in [2.75, 3.05) is 0 Å². The van der Waals surface area contributed by atoms with Crippen molar-refractivity contribution < 1.29 is 21.9 Å². The quantitative estimate of drug-likeness (QED) is 0.542. The Labute approximate surface area is 46.0 Å². The summed E-state index contributed by atoms with van der Waals surface area (Å²) in [4.78, 5) is 8.00. The molecule has 0 unspecified atom stereocenters. The molecule has 38 valence electrons. The molecule has 0 aliphatic heterocycles. The fraction of sp³-hybridized carbons (Fsp3) is 0.250. The van der Waals surface area contributed by atoms with E-state index in [4.69, 9.17) is 4.79 Å². The normalized spacial score (nSPS) is 5.50. The van der Waals surface area contributed by atoms with Crippen LogP contribution < -0.4 is 0 Å². The molecule has 0 aromatic carbocycles. The molecule has 0 bridgehead atoms. The summed E-state index contributed by atoms with van der Waals surface area (Å²) in [6.07, 6.45) is 0. The van der Waals surface area contributed by atoms with Gasteiger partial charge in [0.2, 0.25) is 0 Å². The molecule has 1 nitrogen and oxygen atoms in total. The summed E-state index contributed by atoms with van der Waals surface area (Å²) < 4.78 is 1.96. The van der Waals surface area contributed by atoms with Crippen LogP contribution in [0.25, 0.3) is 0 Å². The van der Waals surface area contributed by atoms with Crippen molar-refractivity contribution in [3.63, 3.8) is 0 Å². The molecule has 0 fully saturated rings. The Balaban J connectivity index is 0. The number of carbonyl (C=O) groups is 1. The van der Waals surface area contributed by atoms with Gasteiger partial charge in [-0.25, -0.2) is 0 Å². The van der Waals surface area contributed by atoms with E-state index < -0.39 is 0 Å². The average Bonchev–Trinajstić information content (AvgIpc) is 1.72. The molecule has 0 atom stereocenters. The zero-order chi connectivity index (χ0) is 5.41. The average molecular weight is 173 g/mol. The second kappa shape index (κ2) is 19.8. The van der Waals surface area contributed by atoms with Crippen LogP contribution in [0.1, 0.15) is 0 Å². The number of rotatable bonds is 1. The summed E-state index contributed by atoms with van der Waals surface area (Å²) in [5.74, 6) is 0. The molecule has 0 saturated heterocycles. The molecule has 0 amide bonds. The fourth-order valence-electron chi connectivity index (χ4n) is 0. The fourth-order valence-corrected chi connectivity index (χ4v) is 0. The van der Waals surface area contributed by atoms with Gasteiger partial charge in [0, 0.05) is 0 Å². The van der Waals surface area contributed by atoms with Crippen molar-refractivity contribution in [3.8, 4) is 0 Å². The van der Waals surface area contributed by atoms with Crippen LogP contribution in [0.5, 0.6) is 0 Å². The second-order valence-corrected chi connectivity index (χ2v) is 2.06. The first-order valence-corrected chi connectivity index (χ1v) is 4.00. The van der Waals surface area contributed by atoms with Gasteiger partial charge in [0.1, 0.15) is 6.79 Å². The SMILES string of the molecule is C=O.C=[CH][Ru][CH3]. The molecule has 0 aromatic rings. The van der Waals surface area contributed by atoms with Crippen LogP contribution in [-0.2, 0) is 21.9 Å². The van der Waals surface area contributed by atoms with Crippen molar-refractivity contribution in [3.05, 3.63) is 11.2 Å².